The van der Waals surface area contributed by atoms with E-state index in [4.69, 9.17) is 9.47 Å². The molecule has 24 heavy (non-hydrogen) atoms. The molecule has 0 aromatic heterocycles. The molecule has 2 rings (SSSR count). The van der Waals surface area contributed by atoms with Crippen LogP contribution in [0, 0.1) is 0 Å². The third-order valence-electron chi connectivity index (χ3n) is 4.31. The molecule has 1 fully saturated rings. The van der Waals surface area contributed by atoms with Crippen molar-refractivity contribution in [1.29, 1.82) is 0 Å². The first kappa shape index (κ1) is 18.5. The summed E-state index contributed by atoms with van der Waals surface area (Å²) in [5, 5.41) is 2.93. The van der Waals surface area contributed by atoms with Crippen molar-refractivity contribution in [2.75, 3.05) is 65.0 Å². The second kappa shape index (κ2) is 10.2. The average Bonchev–Trinajstić information content (AvgIpc) is 2.64. The molecule has 1 N–H and O–H groups in total. The van der Waals surface area contributed by atoms with Gasteiger partial charge in [-0.3, -0.25) is 9.69 Å². The Bertz CT molecular complexity index is 485. The van der Waals surface area contributed by atoms with Crippen LogP contribution in [0.2, 0.25) is 0 Å². The molecule has 0 spiro atoms. The summed E-state index contributed by atoms with van der Waals surface area (Å²) in [6.07, 6.45) is 1.43. The number of benzene rings is 1. The van der Waals surface area contributed by atoms with Crippen molar-refractivity contribution in [2.24, 2.45) is 0 Å². The zero-order chi connectivity index (χ0) is 17.2. The predicted molar refractivity (Wildman–Crippen MR) is 95.8 cm³/mol. The lowest BCUT2D eigenvalue weighted by molar-refractivity contribution is -0.121. The van der Waals surface area contributed by atoms with Crippen LogP contribution in [0.25, 0.3) is 0 Å². The molecule has 1 aliphatic heterocycles. The number of rotatable bonds is 9. The third-order valence-corrected chi connectivity index (χ3v) is 4.31. The summed E-state index contributed by atoms with van der Waals surface area (Å²) in [5.74, 6) is 1.01. The second-order valence-electron chi connectivity index (χ2n) is 5.97. The number of nitrogens with zero attached hydrogens (tertiary/aromatic N) is 2. The van der Waals surface area contributed by atoms with Crippen LogP contribution in [0.5, 0.6) is 5.75 Å². The molecule has 1 amide bonds. The molecule has 1 heterocycles. The van der Waals surface area contributed by atoms with Gasteiger partial charge in [0.25, 0.3) is 0 Å². The van der Waals surface area contributed by atoms with Crippen molar-refractivity contribution >= 4 is 11.6 Å². The van der Waals surface area contributed by atoms with Gasteiger partial charge in [-0.1, -0.05) is 0 Å². The number of hydrogen-bond donors (Lipinski definition) is 1. The van der Waals surface area contributed by atoms with E-state index in [0.717, 1.165) is 44.9 Å². The van der Waals surface area contributed by atoms with Crippen molar-refractivity contribution in [1.82, 2.24) is 10.2 Å². The number of hydrogen-bond acceptors (Lipinski definition) is 5. The lowest BCUT2D eigenvalue weighted by Crippen LogP contribution is -2.47. The SMILES string of the molecule is COCCCNC(=O)CCN1CCN(c2ccc(OC)cc2)CC1. The zero-order valence-electron chi connectivity index (χ0n) is 14.8. The molecular formula is C18H29N3O3. The van der Waals surface area contributed by atoms with Gasteiger partial charge in [0.05, 0.1) is 7.11 Å². The van der Waals surface area contributed by atoms with Crippen LogP contribution in [0.1, 0.15) is 12.8 Å². The van der Waals surface area contributed by atoms with Crippen LogP contribution < -0.4 is 15.0 Å². The van der Waals surface area contributed by atoms with Crippen LogP contribution >= 0.6 is 0 Å². The fraction of sp³-hybridized carbons (Fsp3) is 0.611. The number of piperazine rings is 1. The van der Waals surface area contributed by atoms with E-state index >= 15 is 0 Å². The lowest BCUT2D eigenvalue weighted by Gasteiger charge is -2.36. The number of methoxy groups -OCH3 is 2. The Morgan fingerprint density at radius 2 is 1.83 bits per heavy atom. The zero-order valence-corrected chi connectivity index (χ0v) is 14.8. The molecule has 0 bridgehead atoms. The van der Waals surface area contributed by atoms with Gasteiger partial charge in [-0.2, -0.15) is 0 Å². The number of ether oxygens (including phenoxy) is 2. The van der Waals surface area contributed by atoms with E-state index in [-0.39, 0.29) is 5.91 Å². The van der Waals surface area contributed by atoms with Crippen molar-refractivity contribution in [3.63, 3.8) is 0 Å². The minimum atomic E-state index is 0.128. The van der Waals surface area contributed by atoms with Crippen LogP contribution in [-0.4, -0.2) is 70.9 Å². The van der Waals surface area contributed by atoms with Crippen LogP contribution in [0.4, 0.5) is 5.69 Å². The summed E-state index contributed by atoms with van der Waals surface area (Å²) in [6.45, 7) is 6.16. The Kier molecular flexibility index (Phi) is 7.85. The second-order valence-corrected chi connectivity index (χ2v) is 5.97. The van der Waals surface area contributed by atoms with E-state index < -0.39 is 0 Å². The number of anilines is 1. The van der Waals surface area contributed by atoms with Gasteiger partial charge in [-0.15, -0.1) is 0 Å². The molecular weight excluding hydrogens is 306 g/mol. The summed E-state index contributed by atoms with van der Waals surface area (Å²) in [5.41, 5.74) is 1.23. The van der Waals surface area contributed by atoms with E-state index in [9.17, 15) is 4.79 Å². The van der Waals surface area contributed by atoms with E-state index in [1.165, 1.54) is 5.69 Å². The first-order chi connectivity index (χ1) is 11.7. The van der Waals surface area contributed by atoms with Gasteiger partial charge in [-0.05, 0) is 30.7 Å². The Morgan fingerprint density at radius 1 is 1.12 bits per heavy atom. The van der Waals surface area contributed by atoms with Crippen LogP contribution in [0.3, 0.4) is 0 Å². The monoisotopic (exact) mass is 335 g/mol. The molecule has 0 radical (unpaired) electrons. The molecule has 0 aliphatic carbocycles. The van der Waals surface area contributed by atoms with Crippen molar-refractivity contribution in [3.05, 3.63) is 24.3 Å². The molecule has 0 unspecified atom stereocenters. The van der Waals surface area contributed by atoms with Crippen molar-refractivity contribution < 1.29 is 14.3 Å². The van der Waals surface area contributed by atoms with Gasteiger partial charge >= 0.3 is 0 Å². The van der Waals surface area contributed by atoms with Gasteiger partial charge in [0.2, 0.25) is 5.91 Å². The number of amides is 1. The Hall–Kier alpha value is -1.79. The largest absolute Gasteiger partial charge is 0.497 e. The minimum Gasteiger partial charge on any atom is -0.497 e. The number of carbonyl (C=O) groups is 1. The normalized spacial score (nSPS) is 15.3. The van der Waals surface area contributed by atoms with Crippen LogP contribution in [-0.2, 0) is 9.53 Å². The fourth-order valence-corrected chi connectivity index (χ4v) is 2.82. The van der Waals surface area contributed by atoms with Gasteiger partial charge in [0, 0.05) is 65.1 Å². The maximum Gasteiger partial charge on any atom is 0.221 e. The minimum absolute atomic E-state index is 0.128. The fourth-order valence-electron chi connectivity index (χ4n) is 2.82. The third kappa shape index (κ3) is 6.02. The van der Waals surface area contributed by atoms with E-state index in [0.29, 0.717) is 19.6 Å². The highest BCUT2D eigenvalue weighted by Crippen LogP contribution is 2.20. The van der Waals surface area contributed by atoms with E-state index in [1.807, 2.05) is 12.1 Å². The highest BCUT2D eigenvalue weighted by molar-refractivity contribution is 5.76. The first-order valence-corrected chi connectivity index (χ1v) is 8.60. The summed E-state index contributed by atoms with van der Waals surface area (Å²) < 4.78 is 10.2. The van der Waals surface area contributed by atoms with Gasteiger partial charge in [0.1, 0.15) is 5.75 Å². The van der Waals surface area contributed by atoms with Crippen molar-refractivity contribution in [3.8, 4) is 5.75 Å². The number of nitrogens with one attached hydrogen (secondary N) is 1. The quantitative estimate of drug-likeness (QED) is 0.691. The maximum atomic E-state index is 11.8. The topological polar surface area (TPSA) is 54.0 Å². The molecule has 134 valence electrons. The summed E-state index contributed by atoms with van der Waals surface area (Å²) in [7, 11) is 3.36. The van der Waals surface area contributed by atoms with E-state index in [1.54, 1.807) is 14.2 Å². The van der Waals surface area contributed by atoms with Gasteiger partial charge in [0.15, 0.2) is 0 Å². The molecule has 1 saturated heterocycles. The standard InChI is InChI=1S/C18H29N3O3/c1-23-15-3-9-19-18(22)8-10-20-11-13-21(14-12-20)16-4-6-17(24-2)7-5-16/h4-7H,3,8-15H2,1-2H3,(H,19,22). The highest BCUT2D eigenvalue weighted by Gasteiger charge is 2.17. The molecule has 6 heteroatoms. The van der Waals surface area contributed by atoms with Crippen molar-refractivity contribution in [2.45, 2.75) is 12.8 Å². The smallest absolute Gasteiger partial charge is 0.221 e. The maximum absolute atomic E-state index is 11.8. The summed E-state index contributed by atoms with van der Waals surface area (Å²) in [4.78, 5) is 16.5. The predicted octanol–water partition coefficient (Wildman–Crippen LogP) is 1.36. The average molecular weight is 335 g/mol. The molecule has 0 saturated carbocycles. The van der Waals surface area contributed by atoms with Crippen LogP contribution in [0.15, 0.2) is 24.3 Å². The summed E-state index contributed by atoms with van der Waals surface area (Å²) in [6, 6.07) is 8.19. The number of carbonyl (C=O) groups excluding carboxylic acids is 1. The molecule has 6 nitrogen and oxygen atoms in total. The molecule has 0 atom stereocenters. The Morgan fingerprint density at radius 3 is 2.46 bits per heavy atom. The Labute approximate surface area is 144 Å². The van der Waals surface area contributed by atoms with Gasteiger partial charge < -0.3 is 19.7 Å². The van der Waals surface area contributed by atoms with Gasteiger partial charge in [-0.25, -0.2) is 0 Å². The highest BCUT2D eigenvalue weighted by atomic mass is 16.5. The summed E-state index contributed by atoms with van der Waals surface area (Å²) >= 11 is 0. The lowest BCUT2D eigenvalue weighted by atomic mass is 10.2. The molecule has 1 aromatic rings. The first-order valence-electron chi connectivity index (χ1n) is 8.60. The molecule has 1 aliphatic rings. The molecule has 1 aromatic carbocycles. The van der Waals surface area contributed by atoms with E-state index in [2.05, 4.69) is 27.2 Å². The Balaban J connectivity index is 1.64.